The van der Waals surface area contributed by atoms with Gasteiger partial charge in [-0.1, -0.05) is 26.2 Å². The van der Waals surface area contributed by atoms with Crippen LogP contribution in [0, 0.1) is 5.92 Å². The van der Waals surface area contributed by atoms with Gasteiger partial charge >= 0.3 is 5.97 Å². The van der Waals surface area contributed by atoms with Gasteiger partial charge in [-0.2, -0.15) is 0 Å². The van der Waals surface area contributed by atoms with Gasteiger partial charge in [-0.3, -0.25) is 4.79 Å². The van der Waals surface area contributed by atoms with Gasteiger partial charge in [-0.25, -0.2) is 0 Å². The highest BCUT2D eigenvalue weighted by Gasteiger charge is 2.14. The summed E-state index contributed by atoms with van der Waals surface area (Å²) >= 11 is 0. The molecule has 0 bridgehead atoms. The number of hydrogen-bond donors (Lipinski definition) is 3. The van der Waals surface area contributed by atoms with E-state index in [-0.39, 0.29) is 0 Å². The van der Waals surface area contributed by atoms with Crippen molar-refractivity contribution in [3.05, 3.63) is 0 Å². The SMILES string of the molecule is CCCCCC(CN)CC[C@H](N)C(=O)O. The summed E-state index contributed by atoms with van der Waals surface area (Å²) in [5.74, 6) is -0.485. The summed E-state index contributed by atoms with van der Waals surface area (Å²) in [6.07, 6.45) is 6.06. The van der Waals surface area contributed by atoms with E-state index in [9.17, 15) is 4.79 Å². The maximum absolute atomic E-state index is 10.5. The molecule has 0 aliphatic carbocycles. The van der Waals surface area contributed by atoms with Crippen LogP contribution in [0.15, 0.2) is 0 Å². The molecule has 0 rings (SSSR count). The van der Waals surface area contributed by atoms with Crippen molar-refractivity contribution in [1.29, 1.82) is 0 Å². The number of unbranched alkanes of at least 4 members (excludes halogenated alkanes) is 2. The van der Waals surface area contributed by atoms with Crippen molar-refractivity contribution in [2.75, 3.05) is 6.54 Å². The van der Waals surface area contributed by atoms with E-state index in [4.69, 9.17) is 16.6 Å². The predicted octanol–water partition coefficient (Wildman–Crippen LogP) is 1.33. The first-order valence-electron chi connectivity index (χ1n) is 5.80. The third-order valence-electron chi connectivity index (χ3n) is 2.75. The van der Waals surface area contributed by atoms with Crippen molar-refractivity contribution in [3.8, 4) is 0 Å². The highest BCUT2D eigenvalue weighted by Crippen LogP contribution is 2.15. The molecule has 0 aliphatic heterocycles. The van der Waals surface area contributed by atoms with Crippen molar-refractivity contribution >= 4 is 5.97 Å². The summed E-state index contributed by atoms with van der Waals surface area (Å²) < 4.78 is 0. The molecule has 0 spiro atoms. The minimum absolute atomic E-state index is 0.432. The molecule has 4 heteroatoms. The van der Waals surface area contributed by atoms with Crippen LogP contribution >= 0.6 is 0 Å². The summed E-state index contributed by atoms with van der Waals surface area (Å²) in [6.45, 7) is 2.80. The molecule has 0 saturated heterocycles. The molecule has 0 heterocycles. The van der Waals surface area contributed by atoms with Crippen molar-refractivity contribution in [1.82, 2.24) is 0 Å². The lowest BCUT2D eigenvalue weighted by molar-refractivity contribution is -0.138. The van der Waals surface area contributed by atoms with Gasteiger partial charge in [0.2, 0.25) is 0 Å². The minimum Gasteiger partial charge on any atom is -0.480 e. The molecule has 0 aromatic carbocycles. The van der Waals surface area contributed by atoms with E-state index in [1.54, 1.807) is 0 Å². The van der Waals surface area contributed by atoms with E-state index in [0.717, 1.165) is 12.8 Å². The number of rotatable bonds is 9. The molecule has 5 N–H and O–H groups in total. The molecule has 0 radical (unpaired) electrons. The van der Waals surface area contributed by atoms with Crippen LogP contribution in [0.3, 0.4) is 0 Å². The Morgan fingerprint density at radius 2 is 1.93 bits per heavy atom. The first kappa shape index (κ1) is 14.4. The van der Waals surface area contributed by atoms with Crippen molar-refractivity contribution in [3.63, 3.8) is 0 Å². The molecule has 4 nitrogen and oxygen atoms in total. The van der Waals surface area contributed by atoms with Crippen LogP contribution in [-0.2, 0) is 4.79 Å². The second kappa shape index (κ2) is 8.68. The quantitative estimate of drug-likeness (QED) is 0.507. The molecule has 0 fully saturated rings. The average molecular weight is 216 g/mol. The van der Waals surface area contributed by atoms with Gasteiger partial charge in [0.15, 0.2) is 0 Å². The third kappa shape index (κ3) is 7.33. The number of hydrogen-bond acceptors (Lipinski definition) is 3. The first-order valence-corrected chi connectivity index (χ1v) is 5.80. The summed E-state index contributed by atoms with van der Waals surface area (Å²) in [6, 6.07) is -0.731. The zero-order valence-corrected chi connectivity index (χ0v) is 9.61. The maximum atomic E-state index is 10.5. The fourth-order valence-corrected chi connectivity index (χ4v) is 1.60. The zero-order chi connectivity index (χ0) is 11.7. The second-order valence-corrected chi connectivity index (χ2v) is 4.12. The Morgan fingerprint density at radius 3 is 2.40 bits per heavy atom. The largest absolute Gasteiger partial charge is 0.480 e. The van der Waals surface area contributed by atoms with E-state index < -0.39 is 12.0 Å². The van der Waals surface area contributed by atoms with Crippen molar-refractivity contribution in [2.24, 2.45) is 17.4 Å². The molecule has 0 saturated carbocycles. The fraction of sp³-hybridized carbons (Fsp3) is 0.909. The topological polar surface area (TPSA) is 89.3 Å². The Morgan fingerprint density at radius 1 is 1.27 bits per heavy atom. The smallest absolute Gasteiger partial charge is 0.320 e. The lowest BCUT2D eigenvalue weighted by Gasteiger charge is -2.15. The Balaban J connectivity index is 3.65. The summed E-state index contributed by atoms with van der Waals surface area (Å²) in [4.78, 5) is 10.5. The maximum Gasteiger partial charge on any atom is 0.320 e. The van der Waals surface area contributed by atoms with Crippen LogP contribution in [0.4, 0.5) is 0 Å². The van der Waals surface area contributed by atoms with E-state index in [2.05, 4.69) is 6.92 Å². The average Bonchev–Trinajstić information content (AvgIpc) is 2.22. The van der Waals surface area contributed by atoms with E-state index >= 15 is 0 Å². The molecule has 1 unspecified atom stereocenters. The van der Waals surface area contributed by atoms with Crippen LogP contribution in [0.1, 0.15) is 45.4 Å². The van der Waals surface area contributed by atoms with E-state index in [0.29, 0.717) is 18.9 Å². The molecular formula is C11H24N2O2. The molecule has 0 aromatic heterocycles. The normalized spacial score (nSPS) is 14.9. The summed E-state index contributed by atoms with van der Waals surface area (Å²) in [5, 5.41) is 8.63. The highest BCUT2D eigenvalue weighted by molar-refractivity contribution is 5.72. The molecular weight excluding hydrogens is 192 g/mol. The molecule has 15 heavy (non-hydrogen) atoms. The lowest BCUT2D eigenvalue weighted by atomic mass is 9.94. The summed E-state index contributed by atoms with van der Waals surface area (Å²) in [7, 11) is 0. The van der Waals surface area contributed by atoms with Gasteiger partial charge in [-0.05, 0) is 31.7 Å². The van der Waals surface area contributed by atoms with Crippen LogP contribution in [0.25, 0.3) is 0 Å². The zero-order valence-electron chi connectivity index (χ0n) is 9.61. The van der Waals surface area contributed by atoms with Gasteiger partial charge in [0.1, 0.15) is 6.04 Å². The standard InChI is InChI=1S/C11H24N2O2/c1-2-3-4-5-9(8-12)6-7-10(13)11(14)15/h9-10H,2-8,12-13H2,1H3,(H,14,15)/t9?,10-/m0/s1. The number of carboxylic acid groups (broad SMARTS) is 1. The molecule has 0 aromatic rings. The lowest BCUT2D eigenvalue weighted by Crippen LogP contribution is -2.31. The number of aliphatic carboxylic acids is 1. The second-order valence-electron chi connectivity index (χ2n) is 4.12. The van der Waals surface area contributed by atoms with E-state index in [1.165, 1.54) is 19.3 Å². The Kier molecular flexibility index (Phi) is 8.33. The van der Waals surface area contributed by atoms with Gasteiger partial charge in [-0.15, -0.1) is 0 Å². The minimum atomic E-state index is -0.917. The fourth-order valence-electron chi connectivity index (χ4n) is 1.60. The van der Waals surface area contributed by atoms with Crippen LogP contribution in [-0.4, -0.2) is 23.7 Å². The van der Waals surface area contributed by atoms with Gasteiger partial charge in [0.05, 0.1) is 0 Å². The van der Waals surface area contributed by atoms with Crippen LogP contribution in [0.5, 0.6) is 0 Å². The monoisotopic (exact) mass is 216 g/mol. The molecule has 0 amide bonds. The van der Waals surface area contributed by atoms with Gasteiger partial charge in [0, 0.05) is 0 Å². The molecule has 0 aliphatic rings. The van der Waals surface area contributed by atoms with Crippen LogP contribution < -0.4 is 11.5 Å². The Hall–Kier alpha value is -0.610. The van der Waals surface area contributed by atoms with Crippen molar-refractivity contribution in [2.45, 2.75) is 51.5 Å². The first-order chi connectivity index (χ1) is 7.11. The number of nitrogens with two attached hydrogens (primary N) is 2. The Bertz CT molecular complexity index is 174. The Labute approximate surface area is 92.0 Å². The number of carboxylic acids is 1. The van der Waals surface area contributed by atoms with Crippen molar-refractivity contribution < 1.29 is 9.90 Å². The third-order valence-corrected chi connectivity index (χ3v) is 2.75. The van der Waals surface area contributed by atoms with Gasteiger partial charge in [0.25, 0.3) is 0 Å². The highest BCUT2D eigenvalue weighted by atomic mass is 16.4. The predicted molar refractivity (Wildman–Crippen MR) is 61.5 cm³/mol. The van der Waals surface area contributed by atoms with E-state index in [1.807, 2.05) is 0 Å². The van der Waals surface area contributed by atoms with Crippen LogP contribution in [0.2, 0.25) is 0 Å². The number of carbonyl (C=O) groups is 1. The summed E-state index contributed by atoms with van der Waals surface area (Å²) in [5.41, 5.74) is 11.1. The molecule has 2 atom stereocenters. The molecule has 90 valence electrons. The van der Waals surface area contributed by atoms with Gasteiger partial charge < -0.3 is 16.6 Å².